The Bertz CT molecular complexity index is 394. The number of hydrogen-bond acceptors (Lipinski definition) is 1. The molecule has 0 fully saturated rings. The van der Waals surface area contributed by atoms with E-state index in [1.807, 2.05) is 43.3 Å². The first-order valence-electron chi connectivity index (χ1n) is 6.05. The summed E-state index contributed by atoms with van der Waals surface area (Å²) in [5.41, 5.74) is 2.53. The third-order valence-electron chi connectivity index (χ3n) is 2.98. The van der Waals surface area contributed by atoms with Crippen LogP contribution in [0.15, 0.2) is 60.7 Å². The zero-order chi connectivity index (χ0) is 12.1. The maximum absolute atomic E-state index is 9.65. The number of rotatable bonds is 4. The average molecular weight is 226 g/mol. The van der Waals surface area contributed by atoms with Gasteiger partial charge in [-0.15, -0.1) is 0 Å². The molecule has 17 heavy (non-hydrogen) atoms. The lowest BCUT2D eigenvalue weighted by Crippen LogP contribution is -2.10. The van der Waals surface area contributed by atoms with Crippen molar-refractivity contribution in [3.05, 3.63) is 71.8 Å². The van der Waals surface area contributed by atoms with Crippen molar-refractivity contribution >= 4 is 0 Å². The van der Waals surface area contributed by atoms with E-state index >= 15 is 0 Å². The lowest BCUT2D eigenvalue weighted by Gasteiger charge is -2.19. The smallest absolute Gasteiger partial charge is 0.0521 e. The Labute approximate surface area is 103 Å². The van der Waals surface area contributed by atoms with Crippen LogP contribution in [0.2, 0.25) is 0 Å². The standard InChI is InChI=1S/C16H18O/c1-13(17)12-16(14-8-4-2-5-9-14)15-10-6-3-7-11-15/h2-11,13,16-17H,12H2,1H3. The van der Waals surface area contributed by atoms with Crippen LogP contribution < -0.4 is 0 Å². The van der Waals surface area contributed by atoms with E-state index in [1.54, 1.807) is 0 Å². The molecule has 0 heterocycles. The van der Waals surface area contributed by atoms with Crippen LogP contribution in [-0.4, -0.2) is 11.2 Å². The Morgan fingerprint density at radius 1 is 0.824 bits per heavy atom. The molecule has 1 N–H and O–H groups in total. The number of aliphatic hydroxyl groups is 1. The van der Waals surface area contributed by atoms with Crippen molar-refractivity contribution in [2.45, 2.75) is 25.4 Å². The van der Waals surface area contributed by atoms with E-state index in [0.29, 0.717) is 0 Å². The van der Waals surface area contributed by atoms with Crippen molar-refractivity contribution in [1.82, 2.24) is 0 Å². The first kappa shape index (κ1) is 11.9. The van der Waals surface area contributed by atoms with Crippen LogP contribution in [0.25, 0.3) is 0 Å². The predicted molar refractivity (Wildman–Crippen MR) is 71.0 cm³/mol. The summed E-state index contributed by atoms with van der Waals surface area (Å²) in [7, 11) is 0. The molecular formula is C16H18O. The fourth-order valence-corrected chi connectivity index (χ4v) is 2.18. The topological polar surface area (TPSA) is 20.2 Å². The first-order chi connectivity index (χ1) is 8.27. The number of hydrogen-bond donors (Lipinski definition) is 1. The highest BCUT2D eigenvalue weighted by molar-refractivity contribution is 5.32. The van der Waals surface area contributed by atoms with Gasteiger partial charge in [0.15, 0.2) is 0 Å². The van der Waals surface area contributed by atoms with Gasteiger partial charge < -0.3 is 5.11 Å². The van der Waals surface area contributed by atoms with Gasteiger partial charge in [0.25, 0.3) is 0 Å². The number of aliphatic hydroxyl groups excluding tert-OH is 1. The van der Waals surface area contributed by atoms with Gasteiger partial charge in [-0.25, -0.2) is 0 Å². The van der Waals surface area contributed by atoms with Crippen LogP contribution in [0.4, 0.5) is 0 Å². The minimum absolute atomic E-state index is 0.275. The van der Waals surface area contributed by atoms with Crippen LogP contribution in [0.3, 0.4) is 0 Å². The van der Waals surface area contributed by atoms with E-state index in [4.69, 9.17) is 0 Å². The molecular weight excluding hydrogens is 208 g/mol. The summed E-state index contributed by atoms with van der Waals surface area (Å²) in [6, 6.07) is 20.7. The normalized spacial score (nSPS) is 12.6. The molecule has 0 saturated carbocycles. The lowest BCUT2D eigenvalue weighted by atomic mass is 9.87. The maximum atomic E-state index is 9.65. The summed E-state index contributed by atoms with van der Waals surface area (Å²) in [6.07, 6.45) is 0.467. The van der Waals surface area contributed by atoms with Gasteiger partial charge in [-0.05, 0) is 24.5 Å². The fourth-order valence-electron chi connectivity index (χ4n) is 2.18. The summed E-state index contributed by atoms with van der Waals surface area (Å²) in [6.45, 7) is 1.85. The SMILES string of the molecule is CC(O)CC(c1ccccc1)c1ccccc1. The van der Waals surface area contributed by atoms with Crippen LogP contribution in [0.1, 0.15) is 30.4 Å². The van der Waals surface area contributed by atoms with Gasteiger partial charge in [0.1, 0.15) is 0 Å². The van der Waals surface area contributed by atoms with Gasteiger partial charge in [0.2, 0.25) is 0 Å². The minimum atomic E-state index is -0.291. The molecule has 88 valence electrons. The zero-order valence-corrected chi connectivity index (χ0v) is 10.1. The van der Waals surface area contributed by atoms with Crippen LogP contribution in [-0.2, 0) is 0 Å². The van der Waals surface area contributed by atoms with E-state index in [0.717, 1.165) is 6.42 Å². The van der Waals surface area contributed by atoms with Crippen LogP contribution in [0, 0.1) is 0 Å². The summed E-state index contributed by atoms with van der Waals surface area (Å²) in [5, 5.41) is 9.65. The quantitative estimate of drug-likeness (QED) is 0.844. The van der Waals surface area contributed by atoms with Gasteiger partial charge in [0.05, 0.1) is 6.10 Å². The van der Waals surface area contributed by atoms with E-state index in [-0.39, 0.29) is 12.0 Å². The van der Waals surface area contributed by atoms with Gasteiger partial charge >= 0.3 is 0 Å². The Balaban J connectivity index is 2.32. The molecule has 0 saturated heterocycles. The van der Waals surface area contributed by atoms with Gasteiger partial charge in [-0.1, -0.05) is 60.7 Å². The van der Waals surface area contributed by atoms with E-state index in [9.17, 15) is 5.11 Å². The molecule has 0 aliphatic heterocycles. The van der Waals surface area contributed by atoms with Gasteiger partial charge in [-0.3, -0.25) is 0 Å². The summed E-state index contributed by atoms with van der Waals surface area (Å²) in [4.78, 5) is 0. The minimum Gasteiger partial charge on any atom is -0.393 e. The molecule has 2 aromatic rings. The molecule has 0 spiro atoms. The Kier molecular flexibility index (Phi) is 3.94. The van der Waals surface area contributed by atoms with E-state index in [2.05, 4.69) is 24.3 Å². The molecule has 2 aromatic carbocycles. The molecule has 2 rings (SSSR count). The van der Waals surface area contributed by atoms with Gasteiger partial charge in [0, 0.05) is 5.92 Å². The summed E-state index contributed by atoms with van der Waals surface area (Å²) < 4.78 is 0. The van der Waals surface area contributed by atoms with E-state index < -0.39 is 0 Å². The second kappa shape index (κ2) is 5.65. The van der Waals surface area contributed by atoms with Crippen molar-refractivity contribution in [2.24, 2.45) is 0 Å². The highest BCUT2D eigenvalue weighted by atomic mass is 16.3. The highest BCUT2D eigenvalue weighted by Gasteiger charge is 2.15. The second-order valence-corrected chi connectivity index (χ2v) is 4.46. The summed E-state index contributed by atoms with van der Waals surface area (Å²) in [5.74, 6) is 0.275. The second-order valence-electron chi connectivity index (χ2n) is 4.46. The van der Waals surface area contributed by atoms with E-state index in [1.165, 1.54) is 11.1 Å². The number of benzene rings is 2. The molecule has 0 aromatic heterocycles. The average Bonchev–Trinajstić information content (AvgIpc) is 2.38. The molecule has 1 nitrogen and oxygen atoms in total. The third kappa shape index (κ3) is 3.18. The largest absolute Gasteiger partial charge is 0.393 e. The lowest BCUT2D eigenvalue weighted by molar-refractivity contribution is 0.179. The molecule has 0 amide bonds. The third-order valence-corrected chi connectivity index (χ3v) is 2.98. The Morgan fingerprint density at radius 3 is 1.59 bits per heavy atom. The fraction of sp³-hybridized carbons (Fsp3) is 0.250. The zero-order valence-electron chi connectivity index (χ0n) is 10.1. The summed E-state index contributed by atoms with van der Waals surface area (Å²) >= 11 is 0. The molecule has 1 heteroatoms. The Hall–Kier alpha value is -1.60. The molecule has 1 atom stereocenters. The predicted octanol–water partition coefficient (Wildman–Crippen LogP) is 3.59. The molecule has 0 radical (unpaired) electrons. The van der Waals surface area contributed by atoms with Crippen molar-refractivity contribution in [2.75, 3.05) is 0 Å². The highest BCUT2D eigenvalue weighted by Crippen LogP contribution is 2.28. The monoisotopic (exact) mass is 226 g/mol. The van der Waals surface area contributed by atoms with Crippen LogP contribution >= 0.6 is 0 Å². The molecule has 0 aliphatic rings. The van der Waals surface area contributed by atoms with Crippen molar-refractivity contribution < 1.29 is 5.11 Å². The first-order valence-corrected chi connectivity index (χ1v) is 6.05. The Morgan fingerprint density at radius 2 is 1.24 bits per heavy atom. The van der Waals surface area contributed by atoms with Gasteiger partial charge in [-0.2, -0.15) is 0 Å². The van der Waals surface area contributed by atoms with Crippen molar-refractivity contribution in [3.63, 3.8) is 0 Å². The van der Waals surface area contributed by atoms with Crippen LogP contribution in [0.5, 0.6) is 0 Å². The molecule has 0 aliphatic carbocycles. The van der Waals surface area contributed by atoms with Crippen molar-refractivity contribution in [1.29, 1.82) is 0 Å². The maximum Gasteiger partial charge on any atom is 0.0521 e. The van der Waals surface area contributed by atoms with Crippen molar-refractivity contribution in [3.8, 4) is 0 Å². The molecule has 0 bridgehead atoms. The molecule has 1 unspecified atom stereocenters.